The molecular weight excluding hydrogens is 284 g/mol. The van der Waals surface area contributed by atoms with Crippen LogP contribution in [0.25, 0.3) is 0 Å². The van der Waals surface area contributed by atoms with Crippen molar-refractivity contribution in [2.24, 2.45) is 5.92 Å². The monoisotopic (exact) mass is 306 g/mol. The van der Waals surface area contributed by atoms with Crippen LogP contribution in [0.5, 0.6) is 0 Å². The molecule has 1 fully saturated rings. The summed E-state index contributed by atoms with van der Waals surface area (Å²) in [5.41, 5.74) is 6.18. The molecule has 3 heteroatoms. The normalized spacial score (nSPS) is 24.2. The summed E-state index contributed by atoms with van der Waals surface area (Å²) < 4.78 is 0. The van der Waals surface area contributed by atoms with E-state index in [1.165, 1.54) is 11.1 Å². The number of carbonyl (C=O) groups is 1. The molecule has 2 heterocycles. The van der Waals surface area contributed by atoms with Crippen LogP contribution in [-0.2, 0) is 4.79 Å². The van der Waals surface area contributed by atoms with Gasteiger partial charge in [-0.05, 0) is 37.3 Å². The zero-order valence-electron chi connectivity index (χ0n) is 13.8. The van der Waals surface area contributed by atoms with Crippen LogP contribution in [0, 0.1) is 17.8 Å². The summed E-state index contributed by atoms with van der Waals surface area (Å²) in [7, 11) is 0. The zero-order valence-corrected chi connectivity index (χ0v) is 13.8. The molecule has 1 atom stereocenters. The summed E-state index contributed by atoms with van der Waals surface area (Å²) in [6.07, 6.45) is 8.48. The summed E-state index contributed by atoms with van der Waals surface area (Å²) in [6, 6.07) is 0. The Morgan fingerprint density at radius 1 is 1.52 bits per heavy atom. The fraction of sp³-hybridized carbons (Fsp3) is 0.350. The highest BCUT2D eigenvalue weighted by Crippen LogP contribution is 2.31. The first-order valence-electron chi connectivity index (χ1n) is 8.10. The van der Waals surface area contributed by atoms with Crippen LogP contribution in [0.4, 0.5) is 0 Å². The van der Waals surface area contributed by atoms with Crippen LogP contribution in [0.2, 0.25) is 0 Å². The first-order valence-corrected chi connectivity index (χ1v) is 8.10. The zero-order chi connectivity index (χ0) is 16.4. The van der Waals surface area contributed by atoms with Crippen LogP contribution in [0.1, 0.15) is 33.1 Å². The molecule has 2 N–H and O–H groups in total. The lowest BCUT2D eigenvalue weighted by Crippen LogP contribution is -2.14. The molecule has 0 bridgehead atoms. The molecule has 1 amide bonds. The lowest BCUT2D eigenvalue weighted by atomic mass is 9.95. The van der Waals surface area contributed by atoms with E-state index in [9.17, 15) is 4.79 Å². The fourth-order valence-electron chi connectivity index (χ4n) is 3.12. The highest BCUT2D eigenvalue weighted by Gasteiger charge is 2.29. The van der Waals surface area contributed by atoms with Crippen molar-refractivity contribution < 1.29 is 4.79 Å². The minimum absolute atomic E-state index is 0.0423. The van der Waals surface area contributed by atoms with Crippen LogP contribution in [-0.4, -0.2) is 12.5 Å². The summed E-state index contributed by atoms with van der Waals surface area (Å²) in [5, 5.41) is 6.37. The van der Waals surface area contributed by atoms with E-state index in [1.54, 1.807) is 6.08 Å². The van der Waals surface area contributed by atoms with Gasteiger partial charge < -0.3 is 10.6 Å². The van der Waals surface area contributed by atoms with Crippen molar-refractivity contribution in [2.75, 3.05) is 6.54 Å². The SMILES string of the molecule is C=C(C)CCC1=C(/C=C2\C(=O)NC3=CC#CCC=C32)NCC1C. The average molecular weight is 306 g/mol. The molecule has 0 radical (unpaired) electrons. The average Bonchev–Trinajstić information content (AvgIpc) is 2.88. The van der Waals surface area contributed by atoms with E-state index in [1.807, 2.05) is 12.2 Å². The maximum Gasteiger partial charge on any atom is 0.256 e. The van der Waals surface area contributed by atoms with Crippen molar-refractivity contribution >= 4 is 5.91 Å². The number of hydrogen-bond donors (Lipinski definition) is 2. The molecule has 0 saturated carbocycles. The van der Waals surface area contributed by atoms with Crippen molar-refractivity contribution in [1.82, 2.24) is 10.6 Å². The standard InChI is InChI=1S/C20H22N2O/c1-13(2)9-10-15-14(3)12-21-19(15)11-17-16-7-5-4-6-8-18(16)22-20(17)23/h7-8,11,14,21H,1,5,9-10,12H2,2-3H3,(H,22,23)/b17-11-. The summed E-state index contributed by atoms with van der Waals surface area (Å²) in [4.78, 5) is 12.3. The largest absolute Gasteiger partial charge is 0.384 e. The molecule has 1 aliphatic carbocycles. The maximum absolute atomic E-state index is 12.3. The van der Waals surface area contributed by atoms with E-state index < -0.39 is 0 Å². The molecule has 3 aliphatic rings. The van der Waals surface area contributed by atoms with Crippen molar-refractivity contribution in [3.63, 3.8) is 0 Å². The Labute approximate surface area is 137 Å². The van der Waals surface area contributed by atoms with Crippen LogP contribution >= 0.6 is 0 Å². The predicted octanol–water partition coefficient (Wildman–Crippen LogP) is 3.11. The smallest absolute Gasteiger partial charge is 0.256 e. The Hall–Kier alpha value is -2.47. The molecular formula is C20H22N2O. The van der Waals surface area contributed by atoms with Gasteiger partial charge in [-0.15, -0.1) is 6.58 Å². The minimum Gasteiger partial charge on any atom is -0.384 e. The van der Waals surface area contributed by atoms with Gasteiger partial charge in [0.1, 0.15) is 0 Å². The number of allylic oxidation sites excluding steroid dienone is 5. The van der Waals surface area contributed by atoms with Gasteiger partial charge in [-0.1, -0.05) is 30.4 Å². The minimum atomic E-state index is -0.0423. The van der Waals surface area contributed by atoms with Gasteiger partial charge >= 0.3 is 0 Å². The summed E-state index contributed by atoms with van der Waals surface area (Å²) in [6.45, 7) is 9.21. The first kappa shape index (κ1) is 15.4. The van der Waals surface area contributed by atoms with Gasteiger partial charge in [0.2, 0.25) is 0 Å². The Morgan fingerprint density at radius 3 is 3.13 bits per heavy atom. The van der Waals surface area contributed by atoms with E-state index in [0.29, 0.717) is 12.3 Å². The number of fused-ring (bicyclic) bond motifs is 1. The van der Waals surface area contributed by atoms with Crippen molar-refractivity contribution in [1.29, 1.82) is 0 Å². The molecule has 3 nitrogen and oxygen atoms in total. The number of amides is 1. The van der Waals surface area contributed by atoms with Crippen molar-refractivity contribution in [3.05, 3.63) is 58.5 Å². The van der Waals surface area contributed by atoms with E-state index in [-0.39, 0.29) is 5.91 Å². The molecule has 1 unspecified atom stereocenters. The van der Waals surface area contributed by atoms with Crippen LogP contribution in [0.15, 0.2) is 58.5 Å². The van der Waals surface area contributed by atoms with Gasteiger partial charge in [0.05, 0.1) is 11.3 Å². The molecule has 118 valence electrons. The van der Waals surface area contributed by atoms with E-state index in [0.717, 1.165) is 41.9 Å². The molecule has 3 rings (SSSR count). The second-order valence-corrected chi connectivity index (χ2v) is 6.39. The number of rotatable bonds is 4. The predicted molar refractivity (Wildman–Crippen MR) is 93.0 cm³/mol. The van der Waals surface area contributed by atoms with Crippen molar-refractivity contribution in [3.8, 4) is 11.8 Å². The first-order chi connectivity index (χ1) is 11.1. The van der Waals surface area contributed by atoms with E-state index in [2.05, 4.69) is 42.9 Å². The fourth-order valence-corrected chi connectivity index (χ4v) is 3.12. The van der Waals surface area contributed by atoms with Gasteiger partial charge in [-0.25, -0.2) is 0 Å². The molecule has 0 aromatic carbocycles. The van der Waals surface area contributed by atoms with Gasteiger partial charge in [0.15, 0.2) is 0 Å². The number of nitrogens with one attached hydrogen (secondary N) is 2. The van der Waals surface area contributed by atoms with E-state index >= 15 is 0 Å². The molecule has 2 aliphatic heterocycles. The quantitative estimate of drug-likeness (QED) is 0.476. The maximum atomic E-state index is 12.3. The Bertz CT molecular complexity index is 750. The molecule has 0 spiro atoms. The van der Waals surface area contributed by atoms with Gasteiger partial charge in [0, 0.05) is 30.3 Å². The highest BCUT2D eigenvalue weighted by molar-refractivity contribution is 6.05. The topological polar surface area (TPSA) is 41.1 Å². The number of hydrogen-bond acceptors (Lipinski definition) is 2. The Balaban J connectivity index is 1.94. The Kier molecular flexibility index (Phi) is 4.25. The number of carbonyl (C=O) groups excluding carboxylic acids is 1. The van der Waals surface area contributed by atoms with Gasteiger partial charge in [-0.2, -0.15) is 0 Å². The van der Waals surface area contributed by atoms with Crippen molar-refractivity contribution in [2.45, 2.75) is 33.1 Å². The molecule has 0 aromatic rings. The van der Waals surface area contributed by atoms with Crippen LogP contribution < -0.4 is 10.6 Å². The lowest BCUT2D eigenvalue weighted by Gasteiger charge is -2.09. The third kappa shape index (κ3) is 3.17. The third-order valence-electron chi connectivity index (χ3n) is 4.45. The molecule has 1 saturated heterocycles. The lowest BCUT2D eigenvalue weighted by molar-refractivity contribution is -0.115. The summed E-state index contributed by atoms with van der Waals surface area (Å²) >= 11 is 0. The second-order valence-electron chi connectivity index (χ2n) is 6.39. The highest BCUT2D eigenvalue weighted by atomic mass is 16.2. The molecule has 23 heavy (non-hydrogen) atoms. The van der Waals surface area contributed by atoms with Gasteiger partial charge in [-0.3, -0.25) is 4.79 Å². The summed E-state index contributed by atoms with van der Waals surface area (Å²) in [5.74, 6) is 6.44. The van der Waals surface area contributed by atoms with Gasteiger partial charge in [0.25, 0.3) is 5.91 Å². The van der Waals surface area contributed by atoms with E-state index in [4.69, 9.17) is 0 Å². The second kappa shape index (κ2) is 6.34. The third-order valence-corrected chi connectivity index (χ3v) is 4.45. The molecule has 0 aromatic heterocycles. The van der Waals surface area contributed by atoms with Crippen LogP contribution in [0.3, 0.4) is 0 Å². The Morgan fingerprint density at radius 2 is 2.35 bits per heavy atom.